The van der Waals surface area contributed by atoms with E-state index in [1.165, 1.54) is 22.3 Å². The van der Waals surface area contributed by atoms with Gasteiger partial charge in [0.2, 0.25) is 0 Å². The summed E-state index contributed by atoms with van der Waals surface area (Å²) in [6.07, 6.45) is 0. The Balaban J connectivity index is 1.91. The average Bonchev–Trinajstić information content (AvgIpc) is 2.63. The first-order chi connectivity index (χ1) is 11.7. The topological polar surface area (TPSA) is 9.23 Å². The normalized spacial score (nSPS) is 16.5. The zero-order valence-electron chi connectivity index (χ0n) is 14.0. The highest BCUT2D eigenvalue weighted by atomic mass is 16.5. The molecule has 1 aliphatic rings. The van der Waals surface area contributed by atoms with Gasteiger partial charge in [-0.25, -0.2) is 0 Å². The molecule has 1 atom stereocenters. The number of benzene rings is 3. The molecule has 0 saturated heterocycles. The molecule has 0 saturated carbocycles. The lowest BCUT2D eigenvalue weighted by Crippen LogP contribution is -2.14. The molecule has 3 aromatic carbocycles. The molecule has 0 aromatic heterocycles. The second-order valence-electron chi connectivity index (χ2n) is 6.36. The number of hydrogen-bond acceptors (Lipinski definition) is 1. The fraction of sp³-hybridized carbons (Fsp3) is 0.130. The highest BCUT2D eigenvalue weighted by molar-refractivity contribution is 5.71. The van der Waals surface area contributed by atoms with Crippen LogP contribution in [0.3, 0.4) is 0 Å². The quantitative estimate of drug-likeness (QED) is 0.568. The largest absolute Gasteiger partial charge is 0.456 e. The molecule has 4 rings (SSSR count). The van der Waals surface area contributed by atoms with Crippen molar-refractivity contribution in [2.45, 2.75) is 19.8 Å². The molecule has 0 bridgehead atoms. The number of para-hydroxylation sites is 1. The van der Waals surface area contributed by atoms with Gasteiger partial charge in [0.1, 0.15) is 11.5 Å². The molecule has 0 fully saturated rings. The van der Waals surface area contributed by atoms with Crippen LogP contribution < -0.4 is 4.74 Å². The molecule has 0 spiro atoms. The predicted octanol–water partition coefficient (Wildman–Crippen LogP) is 5.95. The summed E-state index contributed by atoms with van der Waals surface area (Å²) in [5, 5.41) is 0. The molecule has 1 nitrogen and oxygen atoms in total. The first-order valence-electron chi connectivity index (χ1n) is 8.33. The van der Waals surface area contributed by atoms with Gasteiger partial charge in [0.15, 0.2) is 0 Å². The van der Waals surface area contributed by atoms with Gasteiger partial charge < -0.3 is 4.74 Å². The van der Waals surface area contributed by atoms with Crippen molar-refractivity contribution in [3.05, 3.63) is 107 Å². The van der Waals surface area contributed by atoms with Crippen LogP contribution in [0.2, 0.25) is 0 Å². The van der Waals surface area contributed by atoms with Gasteiger partial charge in [-0.1, -0.05) is 78.4 Å². The smallest absolute Gasteiger partial charge is 0.134 e. The molecule has 24 heavy (non-hydrogen) atoms. The molecular weight excluding hydrogens is 292 g/mol. The van der Waals surface area contributed by atoms with Gasteiger partial charge in [-0.15, -0.1) is 0 Å². The zero-order chi connectivity index (χ0) is 16.5. The molecule has 0 amide bonds. The predicted molar refractivity (Wildman–Crippen MR) is 99.1 cm³/mol. The first kappa shape index (κ1) is 14.8. The monoisotopic (exact) mass is 312 g/mol. The van der Waals surface area contributed by atoms with E-state index >= 15 is 0 Å². The van der Waals surface area contributed by atoms with Crippen LogP contribution in [0, 0.1) is 6.92 Å². The Morgan fingerprint density at radius 3 is 2.12 bits per heavy atom. The summed E-state index contributed by atoms with van der Waals surface area (Å²) in [5.41, 5.74) is 6.20. The van der Waals surface area contributed by atoms with E-state index in [2.05, 4.69) is 80.6 Å². The van der Waals surface area contributed by atoms with Crippen LogP contribution in [0.5, 0.6) is 5.75 Å². The molecule has 118 valence electrons. The van der Waals surface area contributed by atoms with Crippen molar-refractivity contribution >= 4 is 5.76 Å². The van der Waals surface area contributed by atoms with Gasteiger partial charge in [-0.3, -0.25) is 0 Å². The molecule has 1 heteroatoms. The van der Waals surface area contributed by atoms with E-state index in [1.54, 1.807) is 0 Å². The Labute approximate surface area is 143 Å². The molecule has 3 aromatic rings. The standard InChI is InChI=1S/C23H20O/c1-16-12-14-18(15-13-16)22-17(2)23(19-8-4-3-5-9-19)24-21-11-7-6-10-20(21)22/h3-15,22H,1-2H3/t22-/m1/s1. The summed E-state index contributed by atoms with van der Waals surface area (Å²) in [4.78, 5) is 0. The Morgan fingerprint density at radius 1 is 0.708 bits per heavy atom. The van der Waals surface area contributed by atoms with Gasteiger partial charge in [0.05, 0.1) is 0 Å². The second kappa shape index (κ2) is 6.01. The number of fused-ring (bicyclic) bond motifs is 1. The molecular formula is C23H20O. The summed E-state index contributed by atoms with van der Waals surface area (Å²) in [6, 6.07) is 27.6. The Morgan fingerprint density at radius 2 is 1.38 bits per heavy atom. The fourth-order valence-electron chi connectivity index (χ4n) is 3.43. The van der Waals surface area contributed by atoms with E-state index in [-0.39, 0.29) is 5.92 Å². The van der Waals surface area contributed by atoms with Crippen molar-refractivity contribution in [2.75, 3.05) is 0 Å². The summed E-state index contributed by atoms with van der Waals surface area (Å²) in [6.45, 7) is 4.31. The fourth-order valence-corrected chi connectivity index (χ4v) is 3.43. The van der Waals surface area contributed by atoms with Crippen LogP contribution in [-0.4, -0.2) is 0 Å². The lowest BCUT2D eigenvalue weighted by atomic mass is 9.82. The van der Waals surface area contributed by atoms with E-state index < -0.39 is 0 Å². The van der Waals surface area contributed by atoms with E-state index in [0.717, 1.165) is 17.1 Å². The van der Waals surface area contributed by atoms with Crippen molar-refractivity contribution in [1.29, 1.82) is 0 Å². The van der Waals surface area contributed by atoms with Crippen molar-refractivity contribution < 1.29 is 4.74 Å². The van der Waals surface area contributed by atoms with Crippen molar-refractivity contribution in [3.8, 4) is 5.75 Å². The van der Waals surface area contributed by atoms with Crippen LogP contribution in [0.15, 0.2) is 84.4 Å². The maximum Gasteiger partial charge on any atom is 0.134 e. The lowest BCUT2D eigenvalue weighted by molar-refractivity contribution is 0.484. The van der Waals surface area contributed by atoms with Gasteiger partial charge in [-0.05, 0) is 31.1 Å². The van der Waals surface area contributed by atoms with Gasteiger partial charge >= 0.3 is 0 Å². The molecule has 0 radical (unpaired) electrons. The first-order valence-corrected chi connectivity index (χ1v) is 8.33. The van der Waals surface area contributed by atoms with Crippen molar-refractivity contribution in [1.82, 2.24) is 0 Å². The number of rotatable bonds is 2. The Bertz CT molecular complexity index is 889. The minimum atomic E-state index is 0.228. The third-order valence-corrected chi connectivity index (χ3v) is 4.68. The van der Waals surface area contributed by atoms with E-state index in [1.807, 2.05) is 12.1 Å². The third-order valence-electron chi connectivity index (χ3n) is 4.68. The summed E-state index contributed by atoms with van der Waals surface area (Å²) >= 11 is 0. The second-order valence-corrected chi connectivity index (χ2v) is 6.36. The van der Waals surface area contributed by atoms with Crippen LogP contribution >= 0.6 is 0 Å². The van der Waals surface area contributed by atoms with E-state index in [0.29, 0.717) is 0 Å². The van der Waals surface area contributed by atoms with Crippen LogP contribution in [0.1, 0.15) is 35.1 Å². The molecule has 0 unspecified atom stereocenters. The van der Waals surface area contributed by atoms with Gasteiger partial charge in [0.25, 0.3) is 0 Å². The van der Waals surface area contributed by atoms with E-state index in [9.17, 15) is 0 Å². The van der Waals surface area contributed by atoms with Gasteiger partial charge in [0, 0.05) is 17.0 Å². The highest BCUT2D eigenvalue weighted by Crippen LogP contribution is 2.45. The molecule has 1 aliphatic heterocycles. The maximum atomic E-state index is 6.29. The van der Waals surface area contributed by atoms with Crippen LogP contribution in [-0.2, 0) is 0 Å². The summed E-state index contributed by atoms with van der Waals surface area (Å²) < 4.78 is 6.29. The summed E-state index contributed by atoms with van der Waals surface area (Å²) in [7, 11) is 0. The van der Waals surface area contributed by atoms with Crippen molar-refractivity contribution in [3.63, 3.8) is 0 Å². The maximum absolute atomic E-state index is 6.29. The SMILES string of the molecule is CC1=C(c2ccccc2)Oc2ccccc2[C@H]1c1ccc(C)cc1. The summed E-state index contributed by atoms with van der Waals surface area (Å²) in [5.74, 6) is 2.15. The average molecular weight is 312 g/mol. The van der Waals surface area contributed by atoms with Gasteiger partial charge in [-0.2, -0.15) is 0 Å². The minimum absolute atomic E-state index is 0.228. The van der Waals surface area contributed by atoms with Crippen molar-refractivity contribution in [2.24, 2.45) is 0 Å². The molecule has 0 aliphatic carbocycles. The molecule has 1 heterocycles. The number of aryl methyl sites for hydroxylation is 1. The van der Waals surface area contributed by atoms with Crippen LogP contribution in [0.25, 0.3) is 5.76 Å². The molecule has 0 N–H and O–H groups in total. The zero-order valence-corrected chi connectivity index (χ0v) is 14.0. The lowest BCUT2D eigenvalue weighted by Gasteiger charge is -2.30. The van der Waals surface area contributed by atoms with Crippen LogP contribution in [0.4, 0.5) is 0 Å². The minimum Gasteiger partial charge on any atom is -0.456 e. The number of allylic oxidation sites excluding steroid dienone is 1. The number of hydrogen-bond donors (Lipinski definition) is 0. The van der Waals surface area contributed by atoms with E-state index in [4.69, 9.17) is 4.74 Å². The Hall–Kier alpha value is -2.80. The third kappa shape index (κ3) is 2.52. The Kier molecular flexibility index (Phi) is 3.70. The highest BCUT2D eigenvalue weighted by Gasteiger charge is 2.28. The number of ether oxygens (including phenoxy) is 1.